The van der Waals surface area contributed by atoms with Gasteiger partial charge in [0.1, 0.15) is 0 Å². The van der Waals surface area contributed by atoms with Gasteiger partial charge < -0.3 is 0 Å². The van der Waals surface area contributed by atoms with Crippen molar-refractivity contribution in [2.45, 2.75) is 28.8 Å². The third kappa shape index (κ3) is 3.70. The number of hydrogen-bond donors (Lipinski definition) is 0. The topological polar surface area (TPSA) is 0 Å². The van der Waals surface area contributed by atoms with Crippen LogP contribution in [0, 0.1) is 0 Å². The Morgan fingerprint density at radius 3 is 2.00 bits per heavy atom. The minimum absolute atomic E-state index is 0.366. The summed E-state index contributed by atoms with van der Waals surface area (Å²) in [5.41, 5.74) is -0.606. The molecule has 4 heteroatoms. The first-order chi connectivity index (χ1) is 11.1. The molecule has 0 saturated carbocycles. The van der Waals surface area contributed by atoms with E-state index < -0.39 is 11.7 Å². The van der Waals surface area contributed by atoms with E-state index in [0.29, 0.717) is 0 Å². The number of rotatable bonds is 3. The molecule has 0 amide bonds. The van der Waals surface area contributed by atoms with Crippen molar-refractivity contribution in [3.8, 4) is 0 Å². The molecule has 1 aliphatic carbocycles. The zero-order valence-electron chi connectivity index (χ0n) is 12.4. The third-order valence-electron chi connectivity index (χ3n) is 3.59. The molecule has 0 heterocycles. The second kappa shape index (κ2) is 6.67. The number of benzene rings is 2. The Bertz CT molecular complexity index is 713. The molecule has 2 aromatic carbocycles. The Hall–Kier alpha value is -1.94. The smallest absolute Gasteiger partial charge is 0.166 e. The van der Waals surface area contributed by atoms with Crippen molar-refractivity contribution in [1.29, 1.82) is 0 Å². The average Bonchev–Trinajstić information content (AvgIpc) is 2.57. The maximum atomic E-state index is 12.8. The van der Waals surface area contributed by atoms with Crippen molar-refractivity contribution in [2.75, 3.05) is 0 Å². The van der Waals surface area contributed by atoms with Crippen LogP contribution in [0.25, 0.3) is 0 Å². The van der Waals surface area contributed by atoms with Crippen LogP contribution >= 0.6 is 0 Å². The van der Waals surface area contributed by atoms with Gasteiger partial charge in [0.2, 0.25) is 0 Å². The lowest BCUT2D eigenvalue weighted by Crippen LogP contribution is -2.09. The number of halogens is 3. The first-order valence-corrected chi connectivity index (χ1v) is 8.61. The predicted octanol–water partition coefficient (Wildman–Crippen LogP) is 5.98. The minimum Gasteiger partial charge on any atom is -0.166 e. The molecular weight excluding hydrogens is 317 g/mol. The van der Waals surface area contributed by atoms with Gasteiger partial charge in [-0.15, -0.1) is 0 Å². The van der Waals surface area contributed by atoms with E-state index in [1.54, 1.807) is 12.1 Å². The molecule has 0 radical (unpaired) electrons. The lowest BCUT2D eigenvalue weighted by Gasteiger charge is -2.12. The fraction of sp³-hybridized carbons (Fsp3) is 0.158. The summed E-state index contributed by atoms with van der Waals surface area (Å²) in [7, 11) is -0.366. The maximum absolute atomic E-state index is 12.8. The predicted molar refractivity (Wildman–Crippen MR) is 88.2 cm³/mol. The molecule has 0 saturated heterocycles. The van der Waals surface area contributed by atoms with Crippen molar-refractivity contribution in [3.63, 3.8) is 0 Å². The molecule has 0 spiro atoms. The third-order valence-corrected chi connectivity index (χ3v) is 5.85. The van der Waals surface area contributed by atoms with Crippen LogP contribution < -0.4 is 0 Å². The summed E-state index contributed by atoms with van der Waals surface area (Å²) >= 11 is 0. The molecule has 1 atom stereocenters. The van der Waals surface area contributed by atoms with Gasteiger partial charge in [-0.1, -0.05) is 24.3 Å². The van der Waals surface area contributed by atoms with Gasteiger partial charge in [0.15, 0.2) is 14.7 Å². The van der Waals surface area contributed by atoms with Gasteiger partial charge in [-0.25, -0.2) is 0 Å². The summed E-state index contributed by atoms with van der Waals surface area (Å²) in [6, 6.07) is 15.5. The normalized spacial score (nSPS) is 16.0. The zero-order chi connectivity index (χ0) is 16.3. The molecular formula is C19H16F3S+. The van der Waals surface area contributed by atoms with Crippen LogP contribution in [0.3, 0.4) is 0 Å². The molecule has 0 aromatic heterocycles. The van der Waals surface area contributed by atoms with E-state index in [0.717, 1.165) is 22.6 Å². The molecule has 1 unspecified atom stereocenters. The zero-order valence-corrected chi connectivity index (χ0v) is 13.2. The van der Waals surface area contributed by atoms with Gasteiger partial charge in [0.05, 0.1) is 16.5 Å². The lowest BCUT2D eigenvalue weighted by atomic mass is 10.2. The molecule has 3 rings (SSSR count). The molecule has 0 bridgehead atoms. The number of hydrogen-bond acceptors (Lipinski definition) is 0. The molecule has 0 fully saturated rings. The fourth-order valence-corrected chi connectivity index (χ4v) is 4.66. The van der Waals surface area contributed by atoms with Crippen LogP contribution in [-0.2, 0) is 17.1 Å². The van der Waals surface area contributed by atoms with Gasteiger partial charge in [0.25, 0.3) is 0 Å². The molecule has 0 aliphatic heterocycles. The van der Waals surface area contributed by atoms with Crippen LogP contribution in [-0.4, -0.2) is 0 Å². The molecule has 0 nitrogen and oxygen atoms in total. The van der Waals surface area contributed by atoms with Crippen LogP contribution in [0.5, 0.6) is 0 Å². The second-order valence-electron chi connectivity index (χ2n) is 5.23. The summed E-state index contributed by atoms with van der Waals surface area (Å²) in [5, 5.41) is 0. The first-order valence-electron chi connectivity index (χ1n) is 7.39. The quantitative estimate of drug-likeness (QED) is 0.607. The highest BCUT2D eigenvalue weighted by Crippen LogP contribution is 2.35. The van der Waals surface area contributed by atoms with Crippen LogP contribution in [0.2, 0.25) is 0 Å². The van der Waals surface area contributed by atoms with Gasteiger partial charge in [-0.3, -0.25) is 0 Å². The molecule has 1 aliphatic rings. The van der Waals surface area contributed by atoms with E-state index in [1.165, 1.54) is 17.0 Å². The number of alkyl halides is 3. The van der Waals surface area contributed by atoms with E-state index >= 15 is 0 Å². The highest BCUT2D eigenvalue weighted by Gasteiger charge is 2.33. The average molecular weight is 333 g/mol. The van der Waals surface area contributed by atoms with Crippen LogP contribution in [0.1, 0.15) is 18.4 Å². The van der Waals surface area contributed by atoms with E-state index in [9.17, 15) is 13.2 Å². The number of allylic oxidation sites excluding steroid dienone is 3. The SMILES string of the molecule is FC(F)(F)c1ccc([S+](C2=CCCC=C2)c2ccccc2)cc1. The highest BCUT2D eigenvalue weighted by atomic mass is 32.2. The first kappa shape index (κ1) is 15.9. The molecule has 118 valence electrons. The summed E-state index contributed by atoms with van der Waals surface area (Å²) in [6.07, 6.45) is 4.10. The van der Waals surface area contributed by atoms with Gasteiger partial charge >= 0.3 is 6.18 Å². The summed E-state index contributed by atoms with van der Waals surface area (Å²) in [4.78, 5) is 3.19. The molecule has 0 N–H and O–H groups in total. The van der Waals surface area contributed by atoms with Crippen LogP contribution in [0.15, 0.2) is 87.5 Å². The van der Waals surface area contributed by atoms with Crippen LogP contribution in [0.4, 0.5) is 13.2 Å². The highest BCUT2D eigenvalue weighted by molar-refractivity contribution is 8.00. The Labute approximate surface area is 136 Å². The monoisotopic (exact) mass is 333 g/mol. The molecule has 2 aromatic rings. The maximum Gasteiger partial charge on any atom is 0.416 e. The summed E-state index contributed by atoms with van der Waals surface area (Å²) in [6.45, 7) is 0. The Kier molecular flexibility index (Phi) is 4.62. The van der Waals surface area contributed by atoms with Gasteiger partial charge in [0, 0.05) is 0 Å². The Balaban J connectivity index is 2.02. The molecule has 23 heavy (non-hydrogen) atoms. The van der Waals surface area contributed by atoms with Gasteiger partial charge in [-0.2, -0.15) is 13.2 Å². The van der Waals surface area contributed by atoms with Crippen molar-refractivity contribution in [3.05, 3.63) is 83.3 Å². The van der Waals surface area contributed by atoms with Crippen molar-refractivity contribution in [2.24, 2.45) is 0 Å². The van der Waals surface area contributed by atoms with E-state index in [4.69, 9.17) is 0 Å². The van der Waals surface area contributed by atoms with E-state index in [-0.39, 0.29) is 10.9 Å². The Morgan fingerprint density at radius 1 is 0.783 bits per heavy atom. The Morgan fingerprint density at radius 2 is 1.43 bits per heavy atom. The largest absolute Gasteiger partial charge is 0.416 e. The van der Waals surface area contributed by atoms with Crippen molar-refractivity contribution < 1.29 is 13.2 Å². The minimum atomic E-state index is -4.30. The summed E-state index contributed by atoms with van der Waals surface area (Å²) in [5.74, 6) is 0. The second-order valence-corrected chi connectivity index (χ2v) is 7.25. The van der Waals surface area contributed by atoms with Crippen molar-refractivity contribution >= 4 is 10.9 Å². The fourth-order valence-electron chi connectivity index (χ4n) is 2.49. The van der Waals surface area contributed by atoms with E-state index in [1.807, 2.05) is 30.3 Å². The standard InChI is InChI=1S/C19H16F3S/c20-19(21,22)15-11-13-18(14-12-15)23(16-7-3-1-4-8-16)17-9-5-2-6-10-17/h1,3-5,7-14H,2,6H2/q+1. The van der Waals surface area contributed by atoms with Gasteiger partial charge in [-0.05, 0) is 61.4 Å². The van der Waals surface area contributed by atoms with E-state index in [2.05, 4.69) is 18.2 Å². The lowest BCUT2D eigenvalue weighted by molar-refractivity contribution is -0.137. The van der Waals surface area contributed by atoms with Crippen molar-refractivity contribution in [1.82, 2.24) is 0 Å². The summed E-state index contributed by atoms with van der Waals surface area (Å²) < 4.78 is 38.3.